The van der Waals surface area contributed by atoms with Crippen LogP contribution in [-0.4, -0.2) is 19.1 Å². The van der Waals surface area contributed by atoms with E-state index in [2.05, 4.69) is 5.32 Å². The zero-order chi connectivity index (χ0) is 15.8. The molecule has 0 aromatic heterocycles. The maximum Gasteiger partial charge on any atom is 0.258 e. The van der Waals surface area contributed by atoms with Crippen LogP contribution in [0.4, 0.5) is 0 Å². The minimum absolute atomic E-state index is 0.00164. The molecule has 0 unspecified atom stereocenters. The zero-order valence-electron chi connectivity index (χ0n) is 13.0. The largest absolute Gasteiger partial charge is 0.494 e. The van der Waals surface area contributed by atoms with Crippen molar-refractivity contribution in [1.82, 2.24) is 5.32 Å². The van der Waals surface area contributed by atoms with Crippen molar-refractivity contribution < 1.29 is 14.3 Å². The second-order valence-electron chi connectivity index (χ2n) is 4.87. The maximum absolute atomic E-state index is 11.9. The van der Waals surface area contributed by atoms with Gasteiger partial charge in [0, 0.05) is 12.1 Å². The van der Waals surface area contributed by atoms with Gasteiger partial charge in [-0.05, 0) is 31.5 Å². The highest BCUT2D eigenvalue weighted by Crippen LogP contribution is 2.18. The Kier molecular flexibility index (Phi) is 5.83. The molecule has 4 heteroatoms. The van der Waals surface area contributed by atoms with E-state index in [9.17, 15) is 4.79 Å². The van der Waals surface area contributed by atoms with Gasteiger partial charge in [-0.2, -0.15) is 0 Å². The highest BCUT2D eigenvalue weighted by atomic mass is 16.5. The number of para-hydroxylation sites is 2. The van der Waals surface area contributed by atoms with E-state index < -0.39 is 0 Å². The predicted molar refractivity (Wildman–Crippen MR) is 86.1 cm³/mol. The highest BCUT2D eigenvalue weighted by molar-refractivity contribution is 5.77. The Bertz CT molecular complexity index is 625. The summed E-state index contributed by atoms with van der Waals surface area (Å²) in [5.41, 5.74) is 1.96. The molecule has 1 N–H and O–H groups in total. The second kappa shape index (κ2) is 8.08. The van der Waals surface area contributed by atoms with Gasteiger partial charge in [0.2, 0.25) is 0 Å². The Morgan fingerprint density at radius 3 is 2.41 bits per heavy atom. The molecule has 4 nitrogen and oxygen atoms in total. The van der Waals surface area contributed by atoms with Gasteiger partial charge in [-0.15, -0.1) is 0 Å². The predicted octanol–water partition coefficient (Wildman–Crippen LogP) is 3.09. The van der Waals surface area contributed by atoms with E-state index >= 15 is 0 Å². The Morgan fingerprint density at radius 1 is 1.00 bits per heavy atom. The van der Waals surface area contributed by atoms with Gasteiger partial charge >= 0.3 is 0 Å². The molecule has 116 valence electrons. The number of hydrogen-bond acceptors (Lipinski definition) is 3. The zero-order valence-corrected chi connectivity index (χ0v) is 13.0. The number of benzene rings is 2. The second-order valence-corrected chi connectivity index (χ2v) is 4.87. The van der Waals surface area contributed by atoms with Crippen molar-refractivity contribution >= 4 is 5.91 Å². The number of nitrogens with one attached hydrogen (secondary N) is 1. The fraction of sp³-hybridized carbons (Fsp3) is 0.278. The lowest BCUT2D eigenvalue weighted by Crippen LogP contribution is -2.28. The molecule has 0 radical (unpaired) electrons. The molecule has 0 heterocycles. The summed E-state index contributed by atoms with van der Waals surface area (Å²) in [5.74, 6) is 1.37. The van der Waals surface area contributed by atoms with Crippen LogP contribution in [0.5, 0.6) is 11.5 Å². The summed E-state index contributed by atoms with van der Waals surface area (Å²) in [5, 5.41) is 2.84. The van der Waals surface area contributed by atoms with Gasteiger partial charge in [0.1, 0.15) is 11.5 Å². The molecular weight excluding hydrogens is 278 g/mol. The lowest BCUT2D eigenvalue weighted by atomic mass is 10.2. The Hall–Kier alpha value is -2.49. The van der Waals surface area contributed by atoms with Gasteiger partial charge < -0.3 is 14.8 Å². The van der Waals surface area contributed by atoms with E-state index in [0.29, 0.717) is 13.2 Å². The summed E-state index contributed by atoms with van der Waals surface area (Å²) in [6.45, 7) is 4.91. The van der Waals surface area contributed by atoms with Crippen LogP contribution in [0.3, 0.4) is 0 Å². The van der Waals surface area contributed by atoms with Gasteiger partial charge in [-0.25, -0.2) is 0 Å². The lowest BCUT2D eigenvalue weighted by molar-refractivity contribution is -0.123. The van der Waals surface area contributed by atoms with Crippen molar-refractivity contribution in [3.05, 3.63) is 59.7 Å². The maximum atomic E-state index is 11.9. The van der Waals surface area contributed by atoms with Crippen molar-refractivity contribution in [2.75, 3.05) is 13.2 Å². The molecule has 0 atom stereocenters. The van der Waals surface area contributed by atoms with Crippen LogP contribution in [0.25, 0.3) is 0 Å². The SMILES string of the molecule is CCOc1ccccc1CNC(=O)COc1ccccc1C. The summed E-state index contributed by atoms with van der Waals surface area (Å²) in [4.78, 5) is 11.9. The first-order chi connectivity index (χ1) is 10.7. The molecule has 0 saturated heterocycles. The van der Waals surface area contributed by atoms with Crippen LogP contribution in [0, 0.1) is 6.92 Å². The lowest BCUT2D eigenvalue weighted by Gasteiger charge is -2.12. The monoisotopic (exact) mass is 299 g/mol. The number of rotatable bonds is 7. The first-order valence-electron chi connectivity index (χ1n) is 7.36. The van der Waals surface area contributed by atoms with Crippen LogP contribution in [0.2, 0.25) is 0 Å². The van der Waals surface area contributed by atoms with Crippen molar-refractivity contribution in [2.45, 2.75) is 20.4 Å². The fourth-order valence-corrected chi connectivity index (χ4v) is 2.05. The molecule has 22 heavy (non-hydrogen) atoms. The number of hydrogen-bond donors (Lipinski definition) is 1. The third-order valence-corrected chi connectivity index (χ3v) is 3.20. The van der Waals surface area contributed by atoms with Crippen molar-refractivity contribution in [3.8, 4) is 11.5 Å². The smallest absolute Gasteiger partial charge is 0.258 e. The van der Waals surface area contributed by atoms with E-state index in [1.165, 1.54) is 0 Å². The van der Waals surface area contributed by atoms with E-state index in [4.69, 9.17) is 9.47 Å². The van der Waals surface area contributed by atoms with Gasteiger partial charge in [0.15, 0.2) is 6.61 Å². The standard InChI is InChI=1S/C18H21NO3/c1-3-21-17-11-7-5-9-15(17)12-19-18(20)13-22-16-10-6-4-8-14(16)2/h4-11H,3,12-13H2,1-2H3,(H,19,20). The van der Waals surface area contributed by atoms with Crippen LogP contribution in [-0.2, 0) is 11.3 Å². The molecule has 0 saturated carbocycles. The third-order valence-electron chi connectivity index (χ3n) is 3.20. The summed E-state index contributed by atoms with van der Waals surface area (Å²) in [6.07, 6.45) is 0. The van der Waals surface area contributed by atoms with Gasteiger partial charge in [0.05, 0.1) is 6.61 Å². The molecule has 0 aliphatic carbocycles. The molecule has 0 aliphatic heterocycles. The van der Waals surface area contributed by atoms with E-state index in [1.54, 1.807) is 0 Å². The molecule has 2 aromatic rings. The van der Waals surface area contributed by atoms with Crippen LogP contribution in [0.15, 0.2) is 48.5 Å². The van der Waals surface area contributed by atoms with Crippen LogP contribution < -0.4 is 14.8 Å². The van der Waals surface area contributed by atoms with Crippen LogP contribution >= 0.6 is 0 Å². The van der Waals surface area contributed by atoms with E-state index in [-0.39, 0.29) is 12.5 Å². The van der Waals surface area contributed by atoms with E-state index in [1.807, 2.05) is 62.4 Å². The van der Waals surface area contributed by atoms with Gasteiger partial charge in [-0.1, -0.05) is 36.4 Å². The molecular formula is C18H21NO3. The van der Waals surface area contributed by atoms with Crippen molar-refractivity contribution in [1.29, 1.82) is 0 Å². The topological polar surface area (TPSA) is 47.6 Å². The average molecular weight is 299 g/mol. The minimum atomic E-state index is -0.158. The number of aryl methyl sites for hydroxylation is 1. The molecule has 0 bridgehead atoms. The quantitative estimate of drug-likeness (QED) is 0.854. The number of carbonyl (C=O) groups excluding carboxylic acids is 1. The Morgan fingerprint density at radius 2 is 1.68 bits per heavy atom. The first-order valence-corrected chi connectivity index (χ1v) is 7.36. The number of amides is 1. The summed E-state index contributed by atoms with van der Waals surface area (Å²) >= 11 is 0. The van der Waals surface area contributed by atoms with Crippen molar-refractivity contribution in [3.63, 3.8) is 0 Å². The summed E-state index contributed by atoms with van der Waals surface area (Å²) < 4.78 is 11.1. The molecule has 0 spiro atoms. The minimum Gasteiger partial charge on any atom is -0.494 e. The van der Waals surface area contributed by atoms with Gasteiger partial charge in [-0.3, -0.25) is 4.79 Å². The molecule has 0 fully saturated rings. The highest BCUT2D eigenvalue weighted by Gasteiger charge is 2.07. The molecule has 2 rings (SSSR count). The Balaban J connectivity index is 1.84. The summed E-state index contributed by atoms with van der Waals surface area (Å²) in [6, 6.07) is 15.3. The molecule has 1 amide bonds. The van der Waals surface area contributed by atoms with Gasteiger partial charge in [0.25, 0.3) is 5.91 Å². The normalized spacial score (nSPS) is 10.1. The number of ether oxygens (including phenoxy) is 2. The van der Waals surface area contributed by atoms with E-state index in [0.717, 1.165) is 22.6 Å². The Labute approximate surface area is 131 Å². The fourth-order valence-electron chi connectivity index (χ4n) is 2.05. The molecule has 0 aliphatic rings. The summed E-state index contributed by atoms with van der Waals surface area (Å²) in [7, 11) is 0. The number of carbonyl (C=O) groups is 1. The first kappa shape index (κ1) is 15.9. The average Bonchev–Trinajstić information content (AvgIpc) is 2.53. The third kappa shape index (κ3) is 4.52. The molecule has 2 aromatic carbocycles. The van der Waals surface area contributed by atoms with Crippen molar-refractivity contribution in [2.24, 2.45) is 0 Å². The van der Waals surface area contributed by atoms with Crippen LogP contribution in [0.1, 0.15) is 18.1 Å².